The number of aryl methyl sites for hydroxylation is 2. The summed E-state index contributed by atoms with van der Waals surface area (Å²) in [6.07, 6.45) is 5.38. The van der Waals surface area contributed by atoms with Gasteiger partial charge in [-0.2, -0.15) is 0 Å². The molecule has 0 saturated heterocycles. The van der Waals surface area contributed by atoms with Gasteiger partial charge in [-0.3, -0.25) is 9.69 Å². The van der Waals surface area contributed by atoms with Crippen LogP contribution in [0.4, 0.5) is 0 Å². The Morgan fingerprint density at radius 1 is 1.23 bits per heavy atom. The second-order valence-corrected chi connectivity index (χ2v) is 8.69. The Bertz CT molecular complexity index is 1100. The van der Waals surface area contributed by atoms with E-state index in [1.54, 1.807) is 0 Å². The molecule has 8 nitrogen and oxygen atoms in total. The first-order chi connectivity index (χ1) is 15.0. The second kappa shape index (κ2) is 9.28. The van der Waals surface area contributed by atoms with Crippen LogP contribution in [0.5, 0.6) is 0 Å². The molecule has 8 heteroatoms. The number of pyridine rings is 1. The average Bonchev–Trinajstić information content (AvgIpc) is 3.43. The Labute approximate surface area is 182 Å². The summed E-state index contributed by atoms with van der Waals surface area (Å²) in [7, 11) is 0. The summed E-state index contributed by atoms with van der Waals surface area (Å²) in [4.78, 5) is 18.0. The van der Waals surface area contributed by atoms with Gasteiger partial charge >= 0.3 is 0 Å². The van der Waals surface area contributed by atoms with Crippen LogP contribution in [0, 0.1) is 13.8 Å². The number of benzene rings is 1. The van der Waals surface area contributed by atoms with E-state index in [1.165, 1.54) is 18.4 Å². The Kier molecular flexibility index (Phi) is 6.48. The largest absolute Gasteiger partial charge is 0.395 e. The number of aliphatic hydroxyl groups excluding tert-OH is 1. The molecule has 166 valence electrons. The van der Waals surface area contributed by atoms with Gasteiger partial charge in [-0.05, 0) is 78.2 Å². The van der Waals surface area contributed by atoms with Gasteiger partial charge in [0.2, 0.25) is 0 Å². The number of nitrogens with one attached hydrogen (secondary N) is 1. The molecule has 31 heavy (non-hydrogen) atoms. The van der Waals surface area contributed by atoms with E-state index >= 15 is 0 Å². The van der Waals surface area contributed by atoms with Crippen molar-refractivity contribution in [1.29, 1.82) is 0 Å². The number of hydrogen-bond acceptors (Lipinski definition) is 6. The molecule has 0 bridgehead atoms. The number of rotatable bonds is 8. The molecule has 0 spiro atoms. The van der Waals surface area contributed by atoms with E-state index < -0.39 is 0 Å². The minimum Gasteiger partial charge on any atom is -0.395 e. The molecule has 1 saturated carbocycles. The Balaban J connectivity index is 1.67. The zero-order valence-corrected chi connectivity index (χ0v) is 18.6. The molecule has 1 atom stereocenters. The summed E-state index contributed by atoms with van der Waals surface area (Å²) >= 11 is 0. The maximum Gasteiger partial charge on any atom is 0.252 e. The molecule has 2 heterocycles. The van der Waals surface area contributed by atoms with Crippen LogP contribution in [-0.2, 0) is 6.54 Å². The molecule has 2 aromatic heterocycles. The standard InChI is InChI=1S/C23H32N6O2/c1-4-21(22-25-26-27-29(22)19-7-5-6-8-19)28(9-10-30)14-18-13-17-11-15(2)16(3)12-20(17)24-23(18)31/h11-13,19,21,30H,4-10,14H2,1-3H3,(H,24,31). The van der Waals surface area contributed by atoms with E-state index in [9.17, 15) is 9.90 Å². The SMILES string of the molecule is CCC(c1nnnn1C1CCCC1)N(CCO)Cc1cc2cc(C)c(C)cc2[nH]c1=O. The fraction of sp³-hybridized carbons (Fsp3) is 0.565. The van der Waals surface area contributed by atoms with Gasteiger partial charge in [0.05, 0.1) is 18.7 Å². The van der Waals surface area contributed by atoms with Crippen LogP contribution in [0.3, 0.4) is 0 Å². The molecular weight excluding hydrogens is 392 g/mol. The molecule has 2 N–H and O–H groups in total. The fourth-order valence-electron chi connectivity index (χ4n) is 4.76. The van der Waals surface area contributed by atoms with E-state index in [-0.39, 0.29) is 18.2 Å². The summed E-state index contributed by atoms with van der Waals surface area (Å²) in [6, 6.07) is 6.37. The first-order valence-corrected chi connectivity index (χ1v) is 11.3. The number of H-pyrrole nitrogens is 1. The molecule has 0 radical (unpaired) electrons. The van der Waals surface area contributed by atoms with Crippen LogP contribution in [0.25, 0.3) is 10.9 Å². The minimum atomic E-state index is -0.0936. The highest BCUT2D eigenvalue weighted by atomic mass is 16.3. The summed E-state index contributed by atoms with van der Waals surface area (Å²) in [5.41, 5.74) is 3.79. The van der Waals surface area contributed by atoms with Gasteiger partial charge in [0.15, 0.2) is 5.82 Å². The van der Waals surface area contributed by atoms with Crippen LogP contribution in [0.15, 0.2) is 23.0 Å². The van der Waals surface area contributed by atoms with Crippen molar-refractivity contribution >= 4 is 10.9 Å². The van der Waals surface area contributed by atoms with Gasteiger partial charge in [-0.1, -0.05) is 19.8 Å². The van der Waals surface area contributed by atoms with E-state index in [2.05, 4.69) is 45.3 Å². The summed E-state index contributed by atoms with van der Waals surface area (Å²) in [6.45, 7) is 7.10. The van der Waals surface area contributed by atoms with Gasteiger partial charge in [-0.15, -0.1) is 5.10 Å². The number of fused-ring (bicyclic) bond motifs is 1. The topological polar surface area (TPSA) is 99.9 Å². The fourth-order valence-corrected chi connectivity index (χ4v) is 4.76. The Hall–Kier alpha value is -2.58. The molecule has 3 aromatic rings. The third-order valence-corrected chi connectivity index (χ3v) is 6.61. The van der Waals surface area contributed by atoms with Crippen molar-refractivity contribution in [1.82, 2.24) is 30.1 Å². The van der Waals surface area contributed by atoms with E-state index in [1.807, 2.05) is 23.7 Å². The first kappa shape index (κ1) is 21.6. The number of aliphatic hydroxyl groups is 1. The number of tetrazole rings is 1. The average molecular weight is 425 g/mol. The molecule has 0 amide bonds. The molecule has 1 aliphatic rings. The predicted molar refractivity (Wildman–Crippen MR) is 120 cm³/mol. The lowest BCUT2D eigenvalue weighted by Gasteiger charge is -2.30. The maximum absolute atomic E-state index is 12.9. The lowest BCUT2D eigenvalue weighted by molar-refractivity contribution is 0.129. The molecule has 0 aliphatic heterocycles. The normalized spacial score (nSPS) is 15.9. The van der Waals surface area contributed by atoms with Crippen molar-refractivity contribution in [2.75, 3.05) is 13.2 Å². The van der Waals surface area contributed by atoms with Crippen molar-refractivity contribution in [3.8, 4) is 0 Å². The molecule has 4 rings (SSSR count). The van der Waals surface area contributed by atoms with Gasteiger partial charge in [0.1, 0.15) is 0 Å². The highest BCUT2D eigenvalue weighted by Gasteiger charge is 2.29. The van der Waals surface area contributed by atoms with Gasteiger partial charge in [0.25, 0.3) is 5.56 Å². The number of aromatic nitrogens is 5. The highest BCUT2D eigenvalue weighted by molar-refractivity contribution is 5.80. The molecule has 1 unspecified atom stereocenters. The smallest absolute Gasteiger partial charge is 0.252 e. The summed E-state index contributed by atoms with van der Waals surface area (Å²) in [5.74, 6) is 0.825. The predicted octanol–water partition coefficient (Wildman–Crippen LogP) is 3.19. The Morgan fingerprint density at radius 2 is 1.97 bits per heavy atom. The van der Waals surface area contributed by atoms with Gasteiger partial charge in [-0.25, -0.2) is 4.68 Å². The van der Waals surface area contributed by atoms with E-state index in [4.69, 9.17) is 0 Å². The molecule has 1 aliphatic carbocycles. The third kappa shape index (κ3) is 4.41. The first-order valence-electron chi connectivity index (χ1n) is 11.3. The molecular formula is C23H32N6O2. The zero-order valence-electron chi connectivity index (χ0n) is 18.6. The van der Waals surface area contributed by atoms with Crippen LogP contribution < -0.4 is 5.56 Å². The monoisotopic (exact) mass is 424 g/mol. The van der Waals surface area contributed by atoms with E-state index in [0.29, 0.717) is 24.7 Å². The summed E-state index contributed by atoms with van der Waals surface area (Å²) < 4.78 is 1.97. The van der Waals surface area contributed by atoms with Crippen LogP contribution in [0.1, 0.15) is 73.6 Å². The summed E-state index contributed by atoms with van der Waals surface area (Å²) in [5, 5.41) is 23.4. The Morgan fingerprint density at radius 3 is 2.68 bits per heavy atom. The van der Waals surface area contributed by atoms with Crippen LogP contribution >= 0.6 is 0 Å². The highest BCUT2D eigenvalue weighted by Crippen LogP contribution is 2.32. The minimum absolute atomic E-state index is 0.00524. The van der Waals surface area contributed by atoms with Crippen molar-refractivity contribution in [2.24, 2.45) is 0 Å². The lowest BCUT2D eigenvalue weighted by atomic mass is 10.0. The van der Waals surface area contributed by atoms with Crippen molar-refractivity contribution in [3.63, 3.8) is 0 Å². The number of aromatic amines is 1. The molecule has 1 fully saturated rings. The maximum atomic E-state index is 12.9. The van der Waals surface area contributed by atoms with Gasteiger partial charge in [0, 0.05) is 24.2 Å². The van der Waals surface area contributed by atoms with Crippen LogP contribution in [0.2, 0.25) is 0 Å². The van der Waals surface area contributed by atoms with Crippen molar-refractivity contribution in [2.45, 2.75) is 71.5 Å². The molecule has 1 aromatic carbocycles. The van der Waals surface area contributed by atoms with Crippen LogP contribution in [-0.4, -0.2) is 48.3 Å². The second-order valence-electron chi connectivity index (χ2n) is 8.69. The third-order valence-electron chi connectivity index (χ3n) is 6.61. The zero-order chi connectivity index (χ0) is 22.0. The number of nitrogens with zero attached hydrogens (tertiary/aromatic N) is 5. The lowest BCUT2D eigenvalue weighted by Crippen LogP contribution is -2.35. The number of hydrogen-bond donors (Lipinski definition) is 2. The quantitative estimate of drug-likeness (QED) is 0.576. The van der Waals surface area contributed by atoms with E-state index in [0.717, 1.165) is 41.6 Å². The van der Waals surface area contributed by atoms with Gasteiger partial charge < -0.3 is 10.1 Å². The van der Waals surface area contributed by atoms with Crippen molar-refractivity contribution < 1.29 is 5.11 Å². The van der Waals surface area contributed by atoms with Crippen molar-refractivity contribution in [3.05, 3.63) is 51.1 Å².